The molecule has 1 unspecified atom stereocenters. The second-order valence-corrected chi connectivity index (χ2v) is 4.36. The summed E-state index contributed by atoms with van der Waals surface area (Å²) in [7, 11) is 1.78. The van der Waals surface area contributed by atoms with E-state index in [0.29, 0.717) is 6.10 Å². The van der Waals surface area contributed by atoms with Gasteiger partial charge in [-0.25, -0.2) is 4.98 Å². The Morgan fingerprint density at radius 1 is 1.59 bits per heavy atom. The molecule has 0 spiro atoms. The summed E-state index contributed by atoms with van der Waals surface area (Å²) < 4.78 is 5.40. The quantitative estimate of drug-likeness (QED) is 0.837. The Kier molecular flexibility index (Phi) is 4.34. The van der Waals surface area contributed by atoms with Gasteiger partial charge in [0.15, 0.2) is 0 Å². The molecular formula is C13H21N3O. The largest absolute Gasteiger partial charge is 0.380 e. The van der Waals surface area contributed by atoms with E-state index in [1.54, 1.807) is 7.11 Å². The van der Waals surface area contributed by atoms with Gasteiger partial charge in [0, 0.05) is 38.5 Å². The van der Waals surface area contributed by atoms with Crippen LogP contribution in [0.3, 0.4) is 0 Å². The molecule has 1 N–H and O–H groups in total. The Morgan fingerprint density at radius 3 is 3.18 bits per heavy atom. The number of methoxy groups -OCH3 is 1. The monoisotopic (exact) mass is 235 g/mol. The van der Waals surface area contributed by atoms with Crippen LogP contribution in [0.5, 0.6) is 0 Å². The lowest BCUT2D eigenvalue weighted by molar-refractivity contribution is 0.121. The van der Waals surface area contributed by atoms with Gasteiger partial charge in [0.1, 0.15) is 5.82 Å². The molecule has 94 valence electrons. The molecule has 1 fully saturated rings. The van der Waals surface area contributed by atoms with Crippen LogP contribution in [-0.2, 0) is 11.3 Å². The lowest BCUT2D eigenvalue weighted by atomic mass is 10.2. The molecule has 1 atom stereocenters. The van der Waals surface area contributed by atoms with Crippen molar-refractivity contribution in [3.63, 3.8) is 0 Å². The fraction of sp³-hybridized carbons (Fsp3) is 0.615. The molecule has 2 rings (SSSR count). The van der Waals surface area contributed by atoms with Crippen LogP contribution < -0.4 is 10.2 Å². The van der Waals surface area contributed by atoms with Crippen molar-refractivity contribution >= 4 is 5.82 Å². The average Bonchev–Trinajstić information content (AvgIpc) is 2.85. The van der Waals surface area contributed by atoms with Gasteiger partial charge in [0.05, 0.1) is 6.10 Å². The maximum atomic E-state index is 5.40. The van der Waals surface area contributed by atoms with Crippen LogP contribution in [0.1, 0.15) is 18.9 Å². The maximum absolute atomic E-state index is 5.40. The van der Waals surface area contributed by atoms with Gasteiger partial charge >= 0.3 is 0 Å². The van der Waals surface area contributed by atoms with Gasteiger partial charge < -0.3 is 15.0 Å². The van der Waals surface area contributed by atoms with E-state index in [4.69, 9.17) is 4.74 Å². The minimum Gasteiger partial charge on any atom is -0.380 e. The van der Waals surface area contributed by atoms with Crippen LogP contribution in [0.15, 0.2) is 18.3 Å². The molecule has 1 aliphatic heterocycles. The minimum atomic E-state index is 0.351. The molecule has 0 aliphatic carbocycles. The van der Waals surface area contributed by atoms with Crippen molar-refractivity contribution < 1.29 is 4.74 Å². The van der Waals surface area contributed by atoms with Gasteiger partial charge in [-0.3, -0.25) is 0 Å². The van der Waals surface area contributed by atoms with Gasteiger partial charge in [-0.15, -0.1) is 0 Å². The summed E-state index contributed by atoms with van der Waals surface area (Å²) in [5.74, 6) is 1.10. The van der Waals surface area contributed by atoms with E-state index in [9.17, 15) is 0 Å². The summed E-state index contributed by atoms with van der Waals surface area (Å²) >= 11 is 0. The van der Waals surface area contributed by atoms with Gasteiger partial charge in [-0.2, -0.15) is 0 Å². The lowest BCUT2D eigenvalue weighted by Crippen LogP contribution is -2.25. The number of pyridine rings is 1. The summed E-state index contributed by atoms with van der Waals surface area (Å²) in [6.07, 6.45) is 3.31. The third-order valence-corrected chi connectivity index (χ3v) is 3.21. The molecule has 0 radical (unpaired) electrons. The molecule has 4 nitrogen and oxygen atoms in total. The SMILES string of the molecule is CCNCc1cccnc1N1CCC(OC)C1. The number of anilines is 1. The van der Waals surface area contributed by atoms with E-state index in [0.717, 1.165) is 38.4 Å². The number of nitrogens with one attached hydrogen (secondary N) is 1. The highest BCUT2D eigenvalue weighted by Crippen LogP contribution is 2.22. The van der Waals surface area contributed by atoms with E-state index in [2.05, 4.69) is 28.2 Å². The first kappa shape index (κ1) is 12.3. The van der Waals surface area contributed by atoms with Crippen LogP contribution >= 0.6 is 0 Å². The highest BCUT2D eigenvalue weighted by molar-refractivity contribution is 5.47. The van der Waals surface area contributed by atoms with Crippen molar-refractivity contribution in [2.75, 3.05) is 31.6 Å². The second-order valence-electron chi connectivity index (χ2n) is 4.36. The number of nitrogens with zero attached hydrogens (tertiary/aromatic N) is 2. The molecule has 1 aromatic heterocycles. The molecule has 0 amide bonds. The first-order valence-corrected chi connectivity index (χ1v) is 6.27. The Bertz CT molecular complexity index is 356. The summed E-state index contributed by atoms with van der Waals surface area (Å²) in [6.45, 7) is 5.97. The standard InChI is InChI=1S/C13H21N3O/c1-3-14-9-11-5-4-7-15-13(11)16-8-6-12(10-16)17-2/h4-5,7,12,14H,3,6,8-10H2,1-2H3. The summed E-state index contributed by atoms with van der Waals surface area (Å²) in [6, 6.07) is 4.14. The molecule has 1 saturated heterocycles. The van der Waals surface area contributed by atoms with Crippen LogP contribution in [0.4, 0.5) is 5.82 Å². The van der Waals surface area contributed by atoms with E-state index in [1.165, 1.54) is 5.56 Å². The van der Waals surface area contributed by atoms with E-state index < -0.39 is 0 Å². The van der Waals surface area contributed by atoms with Crippen LogP contribution in [-0.4, -0.2) is 37.8 Å². The van der Waals surface area contributed by atoms with Crippen LogP contribution in [0.2, 0.25) is 0 Å². The fourth-order valence-corrected chi connectivity index (χ4v) is 2.23. The smallest absolute Gasteiger partial charge is 0.133 e. The highest BCUT2D eigenvalue weighted by Gasteiger charge is 2.24. The van der Waals surface area contributed by atoms with Crippen molar-refractivity contribution in [1.29, 1.82) is 0 Å². The van der Waals surface area contributed by atoms with Crippen molar-refractivity contribution in [2.24, 2.45) is 0 Å². The zero-order chi connectivity index (χ0) is 12.1. The maximum Gasteiger partial charge on any atom is 0.133 e. The molecule has 0 saturated carbocycles. The Labute approximate surface area is 103 Å². The molecule has 1 aliphatic rings. The predicted molar refractivity (Wildman–Crippen MR) is 69.2 cm³/mol. The Morgan fingerprint density at radius 2 is 2.47 bits per heavy atom. The molecule has 4 heteroatoms. The van der Waals surface area contributed by atoms with E-state index in [1.807, 2.05) is 12.3 Å². The first-order valence-electron chi connectivity index (χ1n) is 6.27. The molecule has 1 aromatic rings. The Hall–Kier alpha value is -1.13. The average molecular weight is 235 g/mol. The second kappa shape index (κ2) is 5.98. The fourth-order valence-electron chi connectivity index (χ4n) is 2.23. The highest BCUT2D eigenvalue weighted by atomic mass is 16.5. The third kappa shape index (κ3) is 2.96. The minimum absolute atomic E-state index is 0.351. The molecule has 0 bridgehead atoms. The number of ether oxygens (including phenoxy) is 1. The predicted octanol–water partition coefficient (Wildman–Crippen LogP) is 1.42. The van der Waals surface area contributed by atoms with Gasteiger partial charge in [-0.05, 0) is 19.0 Å². The van der Waals surface area contributed by atoms with E-state index >= 15 is 0 Å². The van der Waals surface area contributed by atoms with Crippen molar-refractivity contribution in [1.82, 2.24) is 10.3 Å². The van der Waals surface area contributed by atoms with Gasteiger partial charge in [0.25, 0.3) is 0 Å². The topological polar surface area (TPSA) is 37.4 Å². The van der Waals surface area contributed by atoms with Crippen molar-refractivity contribution in [3.8, 4) is 0 Å². The zero-order valence-corrected chi connectivity index (χ0v) is 10.6. The zero-order valence-electron chi connectivity index (χ0n) is 10.6. The summed E-state index contributed by atoms with van der Waals surface area (Å²) in [5.41, 5.74) is 1.27. The van der Waals surface area contributed by atoms with E-state index in [-0.39, 0.29) is 0 Å². The normalized spacial score (nSPS) is 19.9. The molecular weight excluding hydrogens is 214 g/mol. The van der Waals surface area contributed by atoms with Gasteiger partial charge in [0.2, 0.25) is 0 Å². The van der Waals surface area contributed by atoms with Crippen molar-refractivity contribution in [3.05, 3.63) is 23.9 Å². The summed E-state index contributed by atoms with van der Waals surface area (Å²) in [5, 5.41) is 3.36. The number of hydrogen-bond acceptors (Lipinski definition) is 4. The summed E-state index contributed by atoms with van der Waals surface area (Å²) in [4.78, 5) is 6.83. The first-order chi connectivity index (χ1) is 8.35. The Balaban J connectivity index is 2.09. The van der Waals surface area contributed by atoms with Crippen molar-refractivity contribution in [2.45, 2.75) is 26.0 Å². The third-order valence-electron chi connectivity index (χ3n) is 3.21. The number of hydrogen-bond donors (Lipinski definition) is 1. The molecule has 17 heavy (non-hydrogen) atoms. The number of rotatable bonds is 5. The van der Waals surface area contributed by atoms with Gasteiger partial charge in [-0.1, -0.05) is 13.0 Å². The molecule has 2 heterocycles. The van der Waals surface area contributed by atoms with Crippen LogP contribution in [0.25, 0.3) is 0 Å². The number of aromatic nitrogens is 1. The van der Waals surface area contributed by atoms with Crippen LogP contribution in [0, 0.1) is 0 Å². The molecule has 0 aromatic carbocycles. The lowest BCUT2D eigenvalue weighted by Gasteiger charge is -2.20.